The van der Waals surface area contributed by atoms with Gasteiger partial charge in [0.15, 0.2) is 0 Å². The van der Waals surface area contributed by atoms with Crippen molar-refractivity contribution >= 4 is 23.5 Å². The SMILES string of the molecule is CCCCCCCCSCN(C)C(=O)Nc1cccc(C(F)(F)F)c1. The van der Waals surface area contributed by atoms with Crippen molar-refractivity contribution in [2.75, 3.05) is 24.0 Å². The number of unbranched alkanes of at least 4 members (excludes halogenated alkanes) is 5. The van der Waals surface area contributed by atoms with E-state index in [1.165, 1.54) is 49.1 Å². The van der Waals surface area contributed by atoms with Crippen LogP contribution in [0.15, 0.2) is 24.3 Å². The van der Waals surface area contributed by atoms with Crippen LogP contribution in [0.3, 0.4) is 0 Å². The van der Waals surface area contributed by atoms with E-state index in [2.05, 4.69) is 12.2 Å². The number of urea groups is 1. The third-order valence-electron chi connectivity index (χ3n) is 3.72. The summed E-state index contributed by atoms with van der Waals surface area (Å²) in [6.07, 6.45) is 2.96. The Bertz CT molecular complexity index is 523. The van der Waals surface area contributed by atoms with Gasteiger partial charge in [-0.25, -0.2) is 4.79 Å². The summed E-state index contributed by atoms with van der Waals surface area (Å²) in [6, 6.07) is 4.25. The van der Waals surface area contributed by atoms with Crippen LogP contribution < -0.4 is 5.32 Å². The molecule has 0 saturated carbocycles. The number of carbonyl (C=O) groups is 1. The van der Waals surface area contributed by atoms with Crippen LogP contribution in [0.1, 0.15) is 51.0 Å². The Hall–Kier alpha value is -1.37. The molecule has 0 radical (unpaired) electrons. The van der Waals surface area contributed by atoms with Crippen LogP contribution in [0.5, 0.6) is 0 Å². The summed E-state index contributed by atoms with van der Waals surface area (Å²) < 4.78 is 38.0. The Balaban J connectivity index is 2.28. The maximum atomic E-state index is 12.7. The monoisotopic (exact) mass is 376 g/mol. The molecule has 0 aliphatic rings. The molecule has 142 valence electrons. The predicted molar refractivity (Wildman–Crippen MR) is 98.9 cm³/mol. The second-order valence-electron chi connectivity index (χ2n) is 6.01. The molecule has 0 saturated heterocycles. The topological polar surface area (TPSA) is 32.3 Å². The van der Waals surface area contributed by atoms with Crippen molar-refractivity contribution in [3.63, 3.8) is 0 Å². The van der Waals surface area contributed by atoms with Crippen LogP contribution >= 0.6 is 11.8 Å². The maximum absolute atomic E-state index is 12.7. The van der Waals surface area contributed by atoms with Crippen LogP contribution in [0.2, 0.25) is 0 Å². The molecule has 0 fully saturated rings. The summed E-state index contributed by atoms with van der Waals surface area (Å²) in [7, 11) is 1.64. The lowest BCUT2D eigenvalue weighted by Crippen LogP contribution is -2.31. The lowest BCUT2D eigenvalue weighted by atomic mass is 10.1. The Kier molecular flexibility index (Phi) is 9.78. The van der Waals surface area contributed by atoms with E-state index in [9.17, 15) is 18.0 Å². The quantitative estimate of drug-likeness (QED) is 0.388. The zero-order valence-corrected chi connectivity index (χ0v) is 15.7. The van der Waals surface area contributed by atoms with Gasteiger partial charge in [0, 0.05) is 12.7 Å². The Morgan fingerprint density at radius 2 is 1.84 bits per heavy atom. The minimum Gasteiger partial charge on any atom is -0.318 e. The second kappa shape index (κ2) is 11.3. The number of nitrogens with one attached hydrogen (secondary N) is 1. The highest BCUT2D eigenvalue weighted by atomic mass is 32.2. The summed E-state index contributed by atoms with van der Waals surface area (Å²) >= 11 is 1.66. The molecule has 0 aliphatic carbocycles. The number of anilines is 1. The van der Waals surface area contributed by atoms with E-state index < -0.39 is 17.8 Å². The molecule has 0 unspecified atom stereocenters. The Labute approximate surface area is 152 Å². The minimum atomic E-state index is -4.42. The third kappa shape index (κ3) is 9.05. The fraction of sp³-hybridized carbons (Fsp3) is 0.611. The van der Waals surface area contributed by atoms with E-state index >= 15 is 0 Å². The number of alkyl halides is 3. The zero-order chi connectivity index (χ0) is 18.7. The van der Waals surface area contributed by atoms with Crippen LogP contribution in [0.4, 0.5) is 23.7 Å². The van der Waals surface area contributed by atoms with Crippen LogP contribution in [-0.4, -0.2) is 29.6 Å². The Morgan fingerprint density at radius 1 is 1.16 bits per heavy atom. The number of amides is 2. The van der Waals surface area contributed by atoms with Crippen molar-refractivity contribution in [1.29, 1.82) is 0 Å². The molecular formula is C18H27F3N2OS. The van der Waals surface area contributed by atoms with E-state index in [-0.39, 0.29) is 5.69 Å². The fourth-order valence-electron chi connectivity index (χ4n) is 2.24. The van der Waals surface area contributed by atoms with Crippen LogP contribution in [0.25, 0.3) is 0 Å². The van der Waals surface area contributed by atoms with Crippen molar-refractivity contribution in [3.05, 3.63) is 29.8 Å². The lowest BCUT2D eigenvalue weighted by molar-refractivity contribution is -0.137. The summed E-state index contributed by atoms with van der Waals surface area (Å²) in [4.78, 5) is 13.5. The van der Waals surface area contributed by atoms with E-state index in [1.807, 2.05) is 0 Å². The minimum absolute atomic E-state index is 0.146. The van der Waals surface area contributed by atoms with Crippen molar-refractivity contribution in [2.24, 2.45) is 0 Å². The molecule has 1 N–H and O–H groups in total. The highest BCUT2D eigenvalue weighted by molar-refractivity contribution is 7.99. The van der Waals surface area contributed by atoms with Gasteiger partial charge in [-0.2, -0.15) is 13.2 Å². The van der Waals surface area contributed by atoms with Crippen LogP contribution in [-0.2, 0) is 6.18 Å². The first-order chi connectivity index (χ1) is 11.8. The number of nitrogens with zero attached hydrogens (tertiary/aromatic N) is 1. The first kappa shape index (κ1) is 21.7. The summed E-state index contributed by atoms with van der Waals surface area (Å²) in [5.74, 6) is 1.49. The van der Waals surface area contributed by atoms with Gasteiger partial charge >= 0.3 is 12.2 Å². The smallest absolute Gasteiger partial charge is 0.318 e. The van der Waals surface area contributed by atoms with Crippen molar-refractivity contribution in [1.82, 2.24) is 4.90 Å². The highest BCUT2D eigenvalue weighted by Gasteiger charge is 2.30. The summed E-state index contributed by atoms with van der Waals surface area (Å²) in [6.45, 7) is 2.19. The average molecular weight is 376 g/mol. The number of hydrogen-bond donors (Lipinski definition) is 1. The largest absolute Gasteiger partial charge is 0.416 e. The molecule has 0 heterocycles. The standard InChI is InChI=1S/C18H27F3N2OS/c1-3-4-5-6-7-8-12-25-14-23(2)17(24)22-16-11-9-10-15(13-16)18(19,20)21/h9-11,13H,3-8,12,14H2,1-2H3,(H,22,24). The second-order valence-corrected chi connectivity index (χ2v) is 7.09. The number of carbonyl (C=O) groups excluding carboxylic acids is 1. The van der Waals surface area contributed by atoms with E-state index in [0.29, 0.717) is 5.88 Å². The number of hydrogen-bond acceptors (Lipinski definition) is 2. The summed E-state index contributed by atoms with van der Waals surface area (Å²) in [5, 5.41) is 2.50. The molecule has 2 amide bonds. The van der Waals surface area contributed by atoms with Crippen molar-refractivity contribution < 1.29 is 18.0 Å². The van der Waals surface area contributed by atoms with Gasteiger partial charge in [-0.3, -0.25) is 0 Å². The predicted octanol–water partition coefficient (Wildman–Crippen LogP) is 6.22. The first-order valence-electron chi connectivity index (χ1n) is 8.61. The molecule has 1 aromatic rings. The van der Waals surface area contributed by atoms with Gasteiger partial charge < -0.3 is 10.2 Å². The molecule has 0 aromatic heterocycles. The van der Waals surface area contributed by atoms with Gasteiger partial charge in [-0.1, -0.05) is 45.1 Å². The first-order valence-corrected chi connectivity index (χ1v) is 9.77. The lowest BCUT2D eigenvalue weighted by Gasteiger charge is -2.18. The van der Waals surface area contributed by atoms with E-state index in [4.69, 9.17) is 0 Å². The van der Waals surface area contributed by atoms with Gasteiger partial charge in [0.05, 0.1) is 11.4 Å². The molecule has 7 heteroatoms. The molecule has 0 atom stereocenters. The van der Waals surface area contributed by atoms with E-state index in [0.717, 1.165) is 24.3 Å². The normalized spacial score (nSPS) is 11.4. The number of halogens is 3. The van der Waals surface area contributed by atoms with Gasteiger partial charge in [0.1, 0.15) is 0 Å². The molecule has 0 spiro atoms. The van der Waals surface area contributed by atoms with Gasteiger partial charge in [-0.15, -0.1) is 11.8 Å². The molecule has 3 nitrogen and oxygen atoms in total. The number of rotatable bonds is 10. The third-order valence-corrected chi connectivity index (χ3v) is 4.86. The molecule has 0 bridgehead atoms. The number of benzene rings is 1. The highest BCUT2D eigenvalue weighted by Crippen LogP contribution is 2.30. The summed E-state index contributed by atoms with van der Waals surface area (Å²) in [5.41, 5.74) is -0.627. The molecule has 0 aliphatic heterocycles. The molecule has 1 rings (SSSR count). The van der Waals surface area contributed by atoms with Crippen molar-refractivity contribution in [3.8, 4) is 0 Å². The molecule has 1 aromatic carbocycles. The van der Waals surface area contributed by atoms with Gasteiger partial charge in [0.2, 0.25) is 0 Å². The fourth-order valence-corrected chi connectivity index (χ4v) is 3.17. The zero-order valence-electron chi connectivity index (χ0n) is 14.9. The van der Waals surface area contributed by atoms with Crippen molar-refractivity contribution in [2.45, 2.75) is 51.6 Å². The Morgan fingerprint density at radius 3 is 2.52 bits per heavy atom. The number of thioether (sulfide) groups is 1. The average Bonchev–Trinajstić information content (AvgIpc) is 2.56. The van der Waals surface area contributed by atoms with E-state index in [1.54, 1.807) is 18.8 Å². The van der Waals surface area contributed by atoms with Gasteiger partial charge in [0.25, 0.3) is 0 Å². The maximum Gasteiger partial charge on any atom is 0.416 e. The van der Waals surface area contributed by atoms with Gasteiger partial charge in [-0.05, 0) is 30.4 Å². The molecule has 25 heavy (non-hydrogen) atoms. The molecular weight excluding hydrogens is 349 g/mol. The van der Waals surface area contributed by atoms with Crippen LogP contribution in [0, 0.1) is 0 Å².